The molecule has 3 fully saturated rings. The van der Waals surface area contributed by atoms with Crippen molar-refractivity contribution in [3.05, 3.63) is 89.5 Å². The van der Waals surface area contributed by atoms with Gasteiger partial charge in [0.2, 0.25) is 26.1 Å². The maximum Gasteiger partial charge on any atom is 0.264 e. The van der Waals surface area contributed by atoms with E-state index in [0.717, 1.165) is 49.9 Å². The second kappa shape index (κ2) is 17.8. The molecular weight excluding hydrogens is 756 g/mol. The standard InChI is InChI=1S/C44H57FN6O6Si/c1-29-40(58(2,3)45)38(24-39(53)50(21-22-52)27-30-9-5-4-6-10-30)57-44(29)36-23-35(49-42(55)33-12-8-20-47-26-33)17-18-37(36)51(43(44)56)28-31-13-15-34(16-14-31)48-41(54)32-11-7-19-46-25-32/h4-6,9-10,13-18,23,29,32-33,38,40,46-47,52H,7-8,11-12,19-22,24-28H2,1-3H3,(H,48,54)(H,49,55)/t29-,32?,33?,38+,40-,44+/m1/s1. The maximum absolute atomic E-state index is 16.7. The molecule has 5 N–H and O–H groups in total. The van der Waals surface area contributed by atoms with Gasteiger partial charge in [0.25, 0.3) is 5.91 Å². The van der Waals surface area contributed by atoms with Crippen molar-refractivity contribution in [3.8, 4) is 0 Å². The van der Waals surface area contributed by atoms with Crippen LogP contribution in [0.5, 0.6) is 0 Å². The number of anilines is 3. The predicted octanol–water partition coefficient (Wildman–Crippen LogP) is 5.30. The van der Waals surface area contributed by atoms with Crippen molar-refractivity contribution < 1.29 is 33.1 Å². The number of amides is 4. The molecule has 1 spiro atoms. The van der Waals surface area contributed by atoms with Crippen LogP contribution in [0.15, 0.2) is 72.8 Å². The van der Waals surface area contributed by atoms with Crippen LogP contribution >= 0.6 is 0 Å². The Labute approximate surface area is 341 Å². The van der Waals surface area contributed by atoms with Gasteiger partial charge in [0.15, 0.2) is 5.60 Å². The van der Waals surface area contributed by atoms with E-state index in [9.17, 15) is 19.5 Å². The Kier molecular flexibility index (Phi) is 12.8. The Morgan fingerprint density at radius 2 is 1.53 bits per heavy atom. The van der Waals surface area contributed by atoms with Crippen molar-refractivity contribution in [1.82, 2.24) is 15.5 Å². The number of hydrogen-bond acceptors (Lipinski definition) is 8. The van der Waals surface area contributed by atoms with Crippen LogP contribution in [-0.4, -0.2) is 87.5 Å². The van der Waals surface area contributed by atoms with E-state index in [2.05, 4.69) is 21.3 Å². The van der Waals surface area contributed by atoms with Crippen molar-refractivity contribution in [2.75, 3.05) is 54.9 Å². The zero-order valence-electron chi connectivity index (χ0n) is 33.8. The molecule has 4 amide bonds. The van der Waals surface area contributed by atoms with Gasteiger partial charge in [-0.1, -0.05) is 49.4 Å². The van der Waals surface area contributed by atoms with Crippen molar-refractivity contribution in [3.63, 3.8) is 0 Å². The Morgan fingerprint density at radius 3 is 2.12 bits per heavy atom. The number of carbonyl (C=O) groups excluding carboxylic acids is 4. The van der Waals surface area contributed by atoms with E-state index in [1.165, 1.54) is 0 Å². The third-order valence-electron chi connectivity index (χ3n) is 12.4. The number of ether oxygens (including phenoxy) is 1. The molecule has 0 bridgehead atoms. The first-order valence-corrected chi connectivity index (χ1v) is 23.7. The van der Waals surface area contributed by atoms with Gasteiger partial charge in [-0.15, -0.1) is 0 Å². The van der Waals surface area contributed by atoms with Crippen LogP contribution in [-0.2, 0) is 42.6 Å². The summed E-state index contributed by atoms with van der Waals surface area (Å²) in [6, 6.07) is 22.3. The quantitative estimate of drug-likeness (QED) is 0.115. The van der Waals surface area contributed by atoms with Gasteiger partial charge < -0.3 is 45.0 Å². The van der Waals surface area contributed by atoms with Gasteiger partial charge in [-0.05, 0) is 93.3 Å². The molecule has 0 radical (unpaired) electrons. The van der Waals surface area contributed by atoms with E-state index in [1.807, 2.05) is 67.6 Å². The normalized spacial score (nSPS) is 25.7. The average Bonchev–Trinajstić information content (AvgIpc) is 3.64. The number of halogens is 1. The highest BCUT2D eigenvalue weighted by Crippen LogP contribution is 2.60. The van der Waals surface area contributed by atoms with E-state index < -0.39 is 31.6 Å². The van der Waals surface area contributed by atoms with E-state index >= 15 is 8.90 Å². The van der Waals surface area contributed by atoms with Crippen LogP contribution < -0.4 is 26.2 Å². The summed E-state index contributed by atoms with van der Waals surface area (Å²) in [6.07, 6.45) is 2.38. The molecule has 0 aliphatic carbocycles. The largest absolute Gasteiger partial charge is 0.395 e. The summed E-state index contributed by atoms with van der Waals surface area (Å²) in [4.78, 5) is 58.8. The van der Waals surface area contributed by atoms with Crippen LogP contribution in [0.4, 0.5) is 21.2 Å². The zero-order valence-corrected chi connectivity index (χ0v) is 34.8. The lowest BCUT2D eigenvalue weighted by Crippen LogP contribution is -2.45. The molecule has 4 aliphatic heterocycles. The topological polar surface area (TPSA) is 152 Å². The lowest BCUT2D eigenvalue weighted by molar-refractivity contribution is -0.150. The van der Waals surface area contributed by atoms with Crippen LogP contribution in [0.1, 0.15) is 55.7 Å². The number of nitrogens with one attached hydrogen (secondary N) is 4. The fourth-order valence-corrected chi connectivity index (χ4v) is 12.0. The Morgan fingerprint density at radius 1 is 0.914 bits per heavy atom. The Bertz CT molecular complexity index is 1950. The zero-order chi connectivity index (χ0) is 41.0. The average molecular weight is 813 g/mol. The third-order valence-corrected chi connectivity index (χ3v) is 14.9. The van der Waals surface area contributed by atoms with E-state index in [4.69, 9.17) is 4.74 Å². The highest BCUT2D eigenvalue weighted by atomic mass is 28.4. The second-order valence-corrected chi connectivity index (χ2v) is 20.7. The van der Waals surface area contributed by atoms with Gasteiger partial charge in [-0.25, -0.2) is 0 Å². The number of fused-ring (bicyclic) bond motifs is 2. The molecule has 7 rings (SSSR count). The first kappa shape index (κ1) is 41.7. The summed E-state index contributed by atoms with van der Waals surface area (Å²) in [7, 11) is -3.61. The minimum atomic E-state index is -3.61. The molecule has 58 heavy (non-hydrogen) atoms. The molecule has 3 aromatic rings. The van der Waals surface area contributed by atoms with Gasteiger partial charge in [-0.3, -0.25) is 19.2 Å². The molecule has 0 aromatic heterocycles. The molecule has 14 heteroatoms. The van der Waals surface area contributed by atoms with Gasteiger partial charge in [0.1, 0.15) is 0 Å². The Balaban J connectivity index is 1.19. The summed E-state index contributed by atoms with van der Waals surface area (Å²) >= 11 is 0. The lowest BCUT2D eigenvalue weighted by atomic mass is 9.82. The van der Waals surface area contributed by atoms with Gasteiger partial charge >= 0.3 is 0 Å². The summed E-state index contributed by atoms with van der Waals surface area (Å²) in [5.74, 6) is -1.74. The highest BCUT2D eigenvalue weighted by molar-refractivity contribution is 6.72. The minimum absolute atomic E-state index is 0.0259. The fraction of sp³-hybridized carbons (Fsp3) is 0.500. The fourth-order valence-electron chi connectivity index (χ4n) is 9.52. The molecule has 6 atom stereocenters. The molecule has 3 aromatic carbocycles. The molecule has 12 nitrogen and oxygen atoms in total. The molecule has 2 unspecified atom stereocenters. The van der Waals surface area contributed by atoms with Crippen molar-refractivity contribution in [2.24, 2.45) is 17.8 Å². The number of nitrogens with zero attached hydrogens (tertiary/aromatic N) is 2. The summed E-state index contributed by atoms with van der Waals surface area (Å²) in [6.45, 7) is 8.37. The molecule has 4 aliphatic rings. The number of hydrogen-bond donors (Lipinski definition) is 5. The molecule has 3 saturated heterocycles. The summed E-state index contributed by atoms with van der Waals surface area (Å²) < 4.78 is 23.6. The molecule has 0 saturated carbocycles. The number of piperidine rings is 2. The van der Waals surface area contributed by atoms with E-state index in [-0.39, 0.29) is 68.1 Å². The van der Waals surface area contributed by atoms with Crippen molar-refractivity contribution >= 4 is 49.1 Å². The molecular formula is C44H57FN6O6Si. The number of aliphatic hydroxyl groups is 1. The van der Waals surface area contributed by atoms with Crippen LogP contribution in [0.25, 0.3) is 0 Å². The monoisotopic (exact) mass is 812 g/mol. The van der Waals surface area contributed by atoms with Crippen molar-refractivity contribution in [1.29, 1.82) is 0 Å². The third kappa shape index (κ3) is 8.76. The SMILES string of the molecule is C[C@@H]1[C@@H]([Si](C)(C)F)[C@H](CC(=O)N(CCO)Cc2ccccc2)O[C@@]12C(=O)N(Cc1ccc(NC(=O)C3CCCNC3)cc1)c1ccc(NC(=O)C3CCCNC3)cc12. The summed E-state index contributed by atoms with van der Waals surface area (Å²) in [5, 5.41) is 22.6. The van der Waals surface area contributed by atoms with Gasteiger partial charge in [-0.2, -0.15) is 0 Å². The second-order valence-electron chi connectivity index (χ2n) is 16.9. The first-order chi connectivity index (χ1) is 27.9. The number of carbonyl (C=O) groups is 4. The van der Waals surface area contributed by atoms with Gasteiger partial charge in [0.05, 0.1) is 43.2 Å². The minimum Gasteiger partial charge on any atom is -0.395 e. The molecule has 310 valence electrons. The lowest BCUT2D eigenvalue weighted by Gasteiger charge is -2.31. The van der Waals surface area contributed by atoms with Crippen molar-refractivity contribution in [2.45, 2.75) is 82.5 Å². The van der Waals surface area contributed by atoms with Crippen LogP contribution in [0.3, 0.4) is 0 Å². The highest BCUT2D eigenvalue weighted by Gasteiger charge is 2.67. The van der Waals surface area contributed by atoms with Crippen LogP contribution in [0.2, 0.25) is 18.6 Å². The van der Waals surface area contributed by atoms with Crippen LogP contribution in [0, 0.1) is 17.8 Å². The number of benzene rings is 3. The number of aliphatic hydroxyl groups excluding tert-OH is 1. The molecule has 4 heterocycles. The Hall–Kier alpha value is -4.47. The predicted molar refractivity (Wildman–Crippen MR) is 224 cm³/mol. The van der Waals surface area contributed by atoms with E-state index in [1.54, 1.807) is 35.0 Å². The van der Waals surface area contributed by atoms with Gasteiger partial charge in [0, 0.05) is 54.6 Å². The van der Waals surface area contributed by atoms with E-state index in [0.29, 0.717) is 35.7 Å². The number of rotatable bonds is 13. The smallest absolute Gasteiger partial charge is 0.264 e. The summed E-state index contributed by atoms with van der Waals surface area (Å²) in [5.41, 5.74) is 1.65. The maximum atomic E-state index is 16.7. The first-order valence-electron chi connectivity index (χ1n) is 20.8.